The molecule has 4 heteroatoms. The fraction of sp³-hybridized carbons (Fsp3) is 0.529. The quantitative estimate of drug-likeness (QED) is 0.816. The molecule has 0 spiro atoms. The molecule has 1 heterocycles. The molecule has 0 bridgehead atoms. The monoisotopic (exact) mass is 289 g/mol. The summed E-state index contributed by atoms with van der Waals surface area (Å²) in [4.78, 5) is 26.3. The molecule has 21 heavy (non-hydrogen) atoms. The third-order valence-electron chi connectivity index (χ3n) is 4.67. The molecular formula is C17H23NO3. The van der Waals surface area contributed by atoms with Crippen LogP contribution in [-0.4, -0.2) is 34.5 Å². The number of benzene rings is 1. The molecule has 1 fully saturated rings. The minimum absolute atomic E-state index is 0.118. The van der Waals surface area contributed by atoms with Gasteiger partial charge in [0.1, 0.15) is 0 Å². The van der Waals surface area contributed by atoms with Crippen molar-refractivity contribution >= 4 is 11.8 Å². The lowest BCUT2D eigenvalue weighted by atomic mass is 9.81. The van der Waals surface area contributed by atoms with E-state index in [0.29, 0.717) is 19.3 Å². The predicted molar refractivity (Wildman–Crippen MR) is 80.5 cm³/mol. The Balaban J connectivity index is 2.22. The first kappa shape index (κ1) is 15.7. The van der Waals surface area contributed by atoms with Crippen LogP contribution in [0.5, 0.6) is 0 Å². The average molecular weight is 289 g/mol. The van der Waals surface area contributed by atoms with Crippen LogP contribution in [0.1, 0.15) is 38.7 Å². The van der Waals surface area contributed by atoms with Gasteiger partial charge in [-0.3, -0.25) is 14.5 Å². The molecule has 1 aliphatic rings. The van der Waals surface area contributed by atoms with Crippen molar-refractivity contribution in [2.75, 3.05) is 6.61 Å². The number of aliphatic hydroxyl groups excluding tert-OH is 1. The first-order valence-corrected chi connectivity index (χ1v) is 7.59. The minimum Gasteiger partial charge on any atom is -0.394 e. The maximum absolute atomic E-state index is 12.7. The fourth-order valence-corrected chi connectivity index (χ4v) is 3.11. The molecule has 114 valence electrons. The number of likely N-dealkylation sites (tertiary alicyclic amines) is 1. The number of amides is 2. The lowest BCUT2D eigenvalue weighted by Crippen LogP contribution is -2.45. The molecule has 0 radical (unpaired) electrons. The van der Waals surface area contributed by atoms with Crippen molar-refractivity contribution in [2.24, 2.45) is 5.41 Å². The third-order valence-corrected chi connectivity index (χ3v) is 4.67. The number of carbonyl (C=O) groups excluding carboxylic acids is 2. The Hall–Kier alpha value is -1.68. The second kappa shape index (κ2) is 6.39. The second-order valence-corrected chi connectivity index (χ2v) is 5.76. The average Bonchev–Trinajstić information content (AvgIpc) is 2.77. The molecule has 0 aromatic heterocycles. The van der Waals surface area contributed by atoms with Crippen LogP contribution in [0.2, 0.25) is 0 Å². The van der Waals surface area contributed by atoms with Gasteiger partial charge in [-0.2, -0.15) is 0 Å². The van der Waals surface area contributed by atoms with Crippen LogP contribution in [0.25, 0.3) is 0 Å². The number of carbonyl (C=O) groups is 2. The maximum Gasteiger partial charge on any atom is 0.236 e. The minimum atomic E-state index is -0.568. The van der Waals surface area contributed by atoms with E-state index < -0.39 is 11.5 Å². The van der Waals surface area contributed by atoms with Crippen LogP contribution < -0.4 is 0 Å². The zero-order valence-electron chi connectivity index (χ0n) is 12.7. The Morgan fingerprint density at radius 1 is 1.19 bits per heavy atom. The molecule has 2 amide bonds. The van der Waals surface area contributed by atoms with Gasteiger partial charge in [-0.25, -0.2) is 0 Å². The lowest BCUT2D eigenvalue weighted by Gasteiger charge is -2.28. The Kier molecular flexibility index (Phi) is 4.78. The molecule has 1 atom stereocenters. The van der Waals surface area contributed by atoms with Crippen molar-refractivity contribution in [1.29, 1.82) is 0 Å². The standard InChI is InChI=1S/C17H23NO3/c1-3-17(4-2)11-15(20)18(16(17)21)14(12-19)10-13-8-6-5-7-9-13/h5-9,14,19H,3-4,10-12H2,1-2H3/t14-/m1/s1. The van der Waals surface area contributed by atoms with Gasteiger partial charge in [0.25, 0.3) is 0 Å². The van der Waals surface area contributed by atoms with Crippen LogP contribution in [0.3, 0.4) is 0 Å². The zero-order chi connectivity index (χ0) is 15.5. The highest BCUT2D eigenvalue weighted by Crippen LogP contribution is 2.40. The molecule has 1 N–H and O–H groups in total. The topological polar surface area (TPSA) is 57.6 Å². The van der Waals surface area contributed by atoms with Crippen molar-refractivity contribution in [3.05, 3.63) is 35.9 Å². The molecule has 0 saturated carbocycles. The number of imide groups is 1. The fourth-order valence-electron chi connectivity index (χ4n) is 3.11. The van der Waals surface area contributed by atoms with Crippen molar-refractivity contribution in [3.63, 3.8) is 0 Å². The van der Waals surface area contributed by atoms with Crippen LogP contribution >= 0.6 is 0 Å². The largest absolute Gasteiger partial charge is 0.394 e. The molecule has 0 unspecified atom stereocenters. The number of nitrogens with zero attached hydrogens (tertiary/aromatic N) is 1. The molecule has 1 aromatic carbocycles. The highest BCUT2D eigenvalue weighted by atomic mass is 16.3. The number of hydrogen-bond acceptors (Lipinski definition) is 3. The van der Waals surface area contributed by atoms with E-state index in [4.69, 9.17) is 0 Å². The number of hydrogen-bond donors (Lipinski definition) is 1. The van der Waals surface area contributed by atoms with Crippen LogP contribution in [0.15, 0.2) is 30.3 Å². The summed E-state index contributed by atoms with van der Waals surface area (Å²) in [7, 11) is 0. The first-order chi connectivity index (χ1) is 10.1. The van der Waals surface area contributed by atoms with Gasteiger partial charge in [-0.1, -0.05) is 44.2 Å². The Morgan fingerprint density at radius 2 is 1.81 bits per heavy atom. The van der Waals surface area contributed by atoms with Crippen LogP contribution in [0.4, 0.5) is 0 Å². The summed E-state index contributed by atoms with van der Waals surface area (Å²) in [6.45, 7) is 3.70. The predicted octanol–water partition coefficient (Wildman–Crippen LogP) is 2.16. The molecule has 2 rings (SSSR count). The van der Waals surface area contributed by atoms with E-state index in [9.17, 15) is 14.7 Å². The summed E-state index contributed by atoms with van der Waals surface area (Å²) in [6.07, 6.45) is 2.09. The highest BCUT2D eigenvalue weighted by Gasteiger charge is 2.50. The van der Waals surface area contributed by atoms with Gasteiger partial charge in [-0.15, -0.1) is 0 Å². The molecule has 1 aliphatic heterocycles. The third kappa shape index (κ3) is 2.86. The summed E-state index contributed by atoms with van der Waals surface area (Å²) >= 11 is 0. The van der Waals surface area contributed by atoms with Crippen LogP contribution in [0, 0.1) is 5.41 Å². The van der Waals surface area contributed by atoms with Gasteiger partial charge in [0, 0.05) is 6.42 Å². The van der Waals surface area contributed by atoms with E-state index in [1.807, 2.05) is 44.2 Å². The number of rotatable bonds is 6. The lowest BCUT2D eigenvalue weighted by molar-refractivity contribution is -0.145. The van der Waals surface area contributed by atoms with Gasteiger partial charge in [0.2, 0.25) is 11.8 Å². The van der Waals surface area contributed by atoms with Gasteiger partial charge in [0.15, 0.2) is 0 Å². The van der Waals surface area contributed by atoms with E-state index in [2.05, 4.69) is 0 Å². The van der Waals surface area contributed by atoms with E-state index in [1.54, 1.807) is 0 Å². The van der Waals surface area contributed by atoms with Crippen molar-refractivity contribution in [1.82, 2.24) is 4.90 Å². The summed E-state index contributed by atoms with van der Waals surface area (Å²) in [5.41, 5.74) is 0.448. The maximum atomic E-state index is 12.7. The Bertz CT molecular complexity index is 508. The van der Waals surface area contributed by atoms with E-state index >= 15 is 0 Å². The van der Waals surface area contributed by atoms with Crippen molar-refractivity contribution in [2.45, 2.75) is 45.6 Å². The summed E-state index contributed by atoms with van der Waals surface area (Å²) in [5, 5.41) is 9.65. The normalized spacial score (nSPS) is 19.1. The van der Waals surface area contributed by atoms with Gasteiger partial charge in [0.05, 0.1) is 18.1 Å². The van der Waals surface area contributed by atoms with Crippen LogP contribution in [-0.2, 0) is 16.0 Å². The smallest absolute Gasteiger partial charge is 0.236 e. The summed E-state index contributed by atoms with van der Waals surface area (Å²) < 4.78 is 0. The molecule has 4 nitrogen and oxygen atoms in total. The second-order valence-electron chi connectivity index (χ2n) is 5.76. The zero-order valence-corrected chi connectivity index (χ0v) is 12.7. The molecule has 1 aromatic rings. The molecule has 0 aliphatic carbocycles. The van der Waals surface area contributed by atoms with E-state index in [-0.39, 0.29) is 24.8 Å². The summed E-state index contributed by atoms with van der Waals surface area (Å²) in [5.74, 6) is -0.272. The van der Waals surface area contributed by atoms with Gasteiger partial charge < -0.3 is 5.11 Å². The van der Waals surface area contributed by atoms with Crippen molar-refractivity contribution in [3.8, 4) is 0 Å². The SMILES string of the molecule is CCC1(CC)CC(=O)N([C@@H](CO)Cc2ccccc2)C1=O. The van der Waals surface area contributed by atoms with Crippen molar-refractivity contribution < 1.29 is 14.7 Å². The first-order valence-electron chi connectivity index (χ1n) is 7.59. The number of aliphatic hydroxyl groups is 1. The summed E-state index contributed by atoms with van der Waals surface area (Å²) in [6, 6.07) is 9.18. The van der Waals surface area contributed by atoms with E-state index in [0.717, 1.165) is 5.56 Å². The Labute approximate surface area is 125 Å². The van der Waals surface area contributed by atoms with Gasteiger partial charge in [-0.05, 0) is 24.8 Å². The molecular weight excluding hydrogens is 266 g/mol. The Morgan fingerprint density at radius 3 is 2.29 bits per heavy atom. The van der Waals surface area contributed by atoms with Gasteiger partial charge >= 0.3 is 0 Å². The molecule has 1 saturated heterocycles. The van der Waals surface area contributed by atoms with E-state index in [1.165, 1.54) is 4.90 Å². The highest BCUT2D eigenvalue weighted by molar-refractivity contribution is 6.06.